The molecule has 1 aliphatic heterocycles. The number of amides is 1. The summed E-state index contributed by atoms with van der Waals surface area (Å²) in [5.41, 5.74) is 3.07. The minimum Gasteiger partial charge on any atom is -0.314 e. The predicted molar refractivity (Wildman–Crippen MR) is 98.9 cm³/mol. The largest absolute Gasteiger partial charge is 0.314 e. The second-order valence-electron chi connectivity index (χ2n) is 6.34. The third-order valence-corrected chi connectivity index (χ3v) is 5.22. The number of nitrogens with one attached hydrogen (secondary N) is 1. The maximum Gasteiger partial charge on any atom is 0.230 e. The van der Waals surface area contributed by atoms with Gasteiger partial charge >= 0.3 is 0 Å². The highest BCUT2D eigenvalue weighted by Gasteiger charge is 2.21. The molecule has 6 heteroatoms. The number of nitrogens with zero attached hydrogens (tertiary/aromatic N) is 3. The number of carbonyl (C=O) groups excluding carboxylic acids is 1. The van der Waals surface area contributed by atoms with Gasteiger partial charge < -0.3 is 5.32 Å². The van der Waals surface area contributed by atoms with Crippen LogP contribution in [-0.2, 0) is 11.3 Å². The fraction of sp³-hybridized carbons (Fsp3) is 0.444. The Bertz CT molecular complexity index is 697. The summed E-state index contributed by atoms with van der Waals surface area (Å²) in [6.07, 6.45) is 0. The van der Waals surface area contributed by atoms with E-state index in [9.17, 15) is 4.79 Å². The molecule has 1 aromatic carbocycles. The first-order valence-electron chi connectivity index (χ1n) is 8.31. The lowest BCUT2D eigenvalue weighted by Gasteiger charge is -2.33. The van der Waals surface area contributed by atoms with Crippen LogP contribution in [0.3, 0.4) is 0 Å². The van der Waals surface area contributed by atoms with Crippen molar-refractivity contribution in [2.75, 3.05) is 24.5 Å². The van der Waals surface area contributed by atoms with Crippen molar-refractivity contribution in [2.24, 2.45) is 0 Å². The molecule has 1 saturated heterocycles. The van der Waals surface area contributed by atoms with E-state index in [2.05, 4.69) is 22.5 Å². The lowest BCUT2D eigenvalue weighted by Crippen LogP contribution is -2.49. The maximum atomic E-state index is 12.2. The highest BCUT2D eigenvalue weighted by atomic mass is 32.1. The summed E-state index contributed by atoms with van der Waals surface area (Å²) in [6.45, 7) is 9.75. The third kappa shape index (κ3) is 3.83. The molecule has 5 nitrogen and oxygen atoms in total. The lowest BCUT2D eigenvalue weighted by molar-refractivity contribution is -0.115. The summed E-state index contributed by atoms with van der Waals surface area (Å²) < 4.78 is 0. The van der Waals surface area contributed by atoms with E-state index in [1.165, 1.54) is 16.9 Å². The van der Waals surface area contributed by atoms with Gasteiger partial charge in [-0.1, -0.05) is 17.7 Å². The fourth-order valence-corrected chi connectivity index (χ4v) is 3.80. The molecule has 0 unspecified atom stereocenters. The minimum atomic E-state index is -0.0182. The fourth-order valence-electron chi connectivity index (χ4n) is 2.92. The van der Waals surface area contributed by atoms with Gasteiger partial charge in [0.25, 0.3) is 0 Å². The highest BCUT2D eigenvalue weighted by Crippen LogP contribution is 2.29. The molecule has 0 saturated carbocycles. The summed E-state index contributed by atoms with van der Waals surface area (Å²) >= 11 is 1.53. The Hall–Kier alpha value is -1.76. The van der Waals surface area contributed by atoms with Gasteiger partial charge in [0.05, 0.1) is 11.4 Å². The molecule has 2 aromatic rings. The quantitative estimate of drug-likeness (QED) is 0.926. The number of rotatable bonds is 4. The van der Waals surface area contributed by atoms with E-state index in [0.29, 0.717) is 6.04 Å². The highest BCUT2D eigenvalue weighted by molar-refractivity contribution is 7.14. The van der Waals surface area contributed by atoms with E-state index < -0.39 is 0 Å². The van der Waals surface area contributed by atoms with Crippen molar-refractivity contribution < 1.29 is 4.79 Å². The van der Waals surface area contributed by atoms with E-state index in [0.717, 1.165) is 42.7 Å². The molecule has 1 aromatic heterocycles. The van der Waals surface area contributed by atoms with Gasteiger partial charge in [0.2, 0.25) is 5.91 Å². The average molecular weight is 344 g/mol. The molecule has 1 fully saturated rings. The lowest BCUT2D eigenvalue weighted by atomic mass is 10.2. The molecule has 1 atom stereocenters. The van der Waals surface area contributed by atoms with Gasteiger partial charge in [-0.05, 0) is 26.0 Å². The van der Waals surface area contributed by atoms with Gasteiger partial charge in [0, 0.05) is 44.5 Å². The number of aryl methyl sites for hydroxylation is 1. The molecule has 1 amide bonds. The van der Waals surface area contributed by atoms with Gasteiger partial charge in [-0.15, -0.1) is 11.3 Å². The van der Waals surface area contributed by atoms with E-state index in [1.807, 2.05) is 31.2 Å². The summed E-state index contributed by atoms with van der Waals surface area (Å²) in [6, 6.07) is 8.47. The molecule has 1 N–H and O–H groups in total. The molecule has 128 valence electrons. The summed E-state index contributed by atoms with van der Waals surface area (Å²) in [5.74, 6) is -0.0182. The number of anilines is 2. The van der Waals surface area contributed by atoms with Crippen molar-refractivity contribution in [3.05, 3.63) is 40.9 Å². The van der Waals surface area contributed by atoms with Crippen LogP contribution < -0.4 is 10.2 Å². The Morgan fingerprint density at radius 3 is 2.83 bits per heavy atom. The van der Waals surface area contributed by atoms with Crippen molar-refractivity contribution in [3.8, 4) is 0 Å². The van der Waals surface area contributed by atoms with Crippen molar-refractivity contribution in [3.63, 3.8) is 0 Å². The second kappa shape index (κ2) is 7.42. The van der Waals surface area contributed by atoms with Gasteiger partial charge in [-0.3, -0.25) is 14.6 Å². The number of hydrogen-bond acceptors (Lipinski definition) is 5. The van der Waals surface area contributed by atoms with E-state index in [-0.39, 0.29) is 5.91 Å². The standard InChI is InChI=1S/C18H24N4OS/c1-13-4-6-17(7-5-13)22(15(3)23)18-20-16(12-24-18)11-21-9-8-19-10-14(21)2/h4-7,12,14,19H,8-11H2,1-3H3/t14-/m1/s1. The van der Waals surface area contributed by atoms with Gasteiger partial charge in [0.15, 0.2) is 5.13 Å². The molecule has 3 rings (SSSR count). The molecular weight excluding hydrogens is 320 g/mol. The van der Waals surface area contributed by atoms with Crippen LogP contribution in [-0.4, -0.2) is 41.5 Å². The summed E-state index contributed by atoms with van der Waals surface area (Å²) in [4.78, 5) is 21.0. The Labute approximate surface area is 147 Å². The number of carbonyl (C=O) groups is 1. The number of benzene rings is 1. The zero-order valence-corrected chi connectivity index (χ0v) is 15.3. The summed E-state index contributed by atoms with van der Waals surface area (Å²) in [7, 11) is 0. The van der Waals surface area contributed by atoms with Crippen molar-refractivity contribution in [1.82, 2.24) is 15.2 Å². The second-order valence-corrected chi connectivity index (χ2v) is 7.17. The van der Waals surface area contributed by atoms with Crippen LogP contribution in [0.2, 0.25) is 0 Å². The Morgan fingerprint density at radius 2 is 2.17 bits per heavy atom. The normalized spacial score (nSPS) is 18.5. The first-order valence-corrected chi connectivity index (χ1v) is 9.19. The Morgan fingerprint density at radius 1 is 1.42 bits per heavy atom. The number of thiazole rings is 1. The Balaban J connectivity index is 1.79. The minimum absolute atomic E-state index is 0.0182. The molecule has 1 aliphatic rings. The van der Waals surface area contributed by atoms with Crippen LogP contribution in [0.1, 0.15) is 25.1 Å². The number of aromatic nitrogens is 1. The van der Waals surface area contributed by atoms with Gasteiger partial charge in [0.1, 0.15) is 0 Å². The topological polar surface area (TPSA) is 48.5 Å². The van der Waals surface area contributed by atoms with Crippen LogP contribution in [0.15, 0.2) is 29.6 Å². The predicted octanol–water partition coefficient (Wildman–Crippen LogP) is 2.93. The molecular formula is C18H24N4OS. The van der Waals surface area contributed by atoms with E-state index in [1.54, 1.807) is 11.8 Å². The van der Waals surface area contributed by atoms with Crippen LogP contribution >= 0.6 is 11.3 Å². The number of hydrogen-bond donors (Lipinski definition) is 1. The summed E-state index contributed by atoms with van der Waals surface area (Å²) in [5, 5.41) is 6.21. The van der Waals surface area contributed by atoms with Crippen LogP contribution in [0.4, 0.5) is 10.8 Å². The number of piperazine rings is 1. The van der Waals surface area contributed by atoms with Crippen molar-refractivity contribution >= 4 is 28.1 Å². The van der Waals surface area contributed by atoms with Gasteiger partial charge in [-0.2, -0.15) is 0 Å². The molecule has 0 bridgehead atoms. The van der Waals surface area contributed by atoms with Crippen molar-refractivity contribution in [1.29, 1.82) is 0 Å². The zero-order chi connectivity index (χ0) is 17.1. The first-order chi connectivity index (χ1) is 11.5. The van der Waals surface area contributed by atoms with Crippen LogP contribution in [0.25, 0.3) is 0 Å². The smallest absolute Gasteiger partial charge is 0.230 e. The first kappa shape index (κ1) is 17.1. The van der Waals surface area contributed by atoms with Gasteiger partial charge in [-0.25, -0.2) is 4.98 Å². The maximum absolute atomic E-state index is 12.2. The average Bonchev–Trinajstić information content (AvgIpc) is 2.99. The molecule has 24 heavy (non-hydrogen) atoms. The Kier molecular flexibility index (Phi) is 5.28. The van der Waals surface area contributed by atoms with Crippen molar-refractivity contribution in [2.45, 2.75) is 33.4 Å². The molecule has 0 spiro atoms. The molecule has 2 heterocycles. The van der Waals surface area contributed by atoms with Crippen LogP contribution in [0, 0.1) is 6.92 Å². The monoisotopic (exact) mass is 344 g/mol. The van der Waals surface area contributed by atoms with E-state index in [4.69, 9.17) is 4.98 Å². The SMILES string of the molecule is CC(=O)N(c1ccc(C)cc1)c1nc(CN2CCNC[C@H]2C)cs1. The molecule has 0 radical (unpaired) electrons. The molecule has 0 aliphatic carbocycles. The third-order valence-electron chi connectivity index (χ3n) is 4.34. The zero-order valence-electron chi connectivity index (χ0n) is 14.5. The van der Waals surface area contributed by atoms with E-state index >= 15 is 0 Å². The van der Waals surface area contributed by atoms with Crippen LogP contribution in [0.5, 0.6) is 0 Å².